The van der Waals surface area contributed by atoms with Gasteiger partial charge in [-0.1, -0.05) is 31.9 Å². The van der Waals surface area contributed by atoms with Gasteiger partial charge in [-0.3, -0.25) is 0 Å². The molecule has 0 bridgehead atoms. The van der Waals surface area contributed by atoms with Crippen molar-refractivity contribution >= 4 is 17.4 Å². The van der Waals surface area contributed by atoms with Gasteiger partial charge in [0.2, 0.25) is 0 Å². The fourth-order valence-electron chi connectivity index (χ4n) is 5.14. The highest BCUT2D eigenvalue weighted by Gasteiger charge is 2.40. The molecule has 2 aliphatic rings. The van der Waals surface area contributed by atoms with Crippen LogP contribution in [0, 0.1) is 23.6 Å². The maximum atomic E-state index is 13.5. The van der Waals surface area contributed by atoms with E-state index in [0.717, 1.165) is 23.6 Å². The van der Waals surface area contributed by atoms with Crippen LogP contribution in [0.15, 0.2) is 30.3 Å². The Labute approximate surface area is 177 Å². The molecule has 3 atom stereocenters. The average molecular weight is 417 g/mol. The molecule has 1 saturated carbocycles. The second kappa shape index (κ2) is 8.97. The number of hydrogen-bond donors (Lipinski definition) is 1. The maximum absolute atomic E-state index is 13.5. The van der Waals surface area contributed by atoms with Crippen LogP contribution >= 0.6 is 11.6 Å². The molecule has 1 aliphatic heterocycles. The molecule has 0 radical (unpaired) electrons. The summed E-state index contributed by atoms with van der Waals surface area (Å²) in [5.74, 6) is 2.83. The molecule has 1 N–H and O–H groups in total. The van der Waals surface area contributed by atoms with Crippen LogP contribution < -0.4 is 5.32 Å². The third-order valence-electron chi connectivity index (χ3n) is 6.40. The molecule has 2 fully saturated rings. The van der Waals surface area contributed by atoms with Gasteiger partial charge in [0, 0.05) is 31.2 Å². The summed E-state index contributed by atoms with van der Waals surface area (Å²) in [4.78, 5) is 2.67. The second-order valence-corrected chi connectivity index (χ2v) is 9.28. The van der Waals surface area contributed by atoms with Crippen molar-refractivity contribution in [3.8, 4) is 11.3 Å². The second-order valence-electron chi connectivity index (χ2n) is 8.87. The van der Waals surface area contributed by atoms with Crippen molar-refractivity contribution in [1.29, 1.82) is 0 Å². The number of likely N-dealkylation sites (tertiary alicyclic amines) is 1. The zero-order valence-electron chi connectivity index (χ0n) is 17.2. The summed E-state index contributed by atoms with van der Waals surface area (Å²) in [6.45, 7) is 8.36. The zero-order chi connectivity index (χ0) is 20.4. The molecule has 4 nitrogen and oxygen atoms in total. The van der Waals surface area contributed by atoms with Gasteiger partial charge in [0.1, 0.15) is 11.6 Å². The van der Waals surface area contributed by atoms with Gasteiger partial charge in [-0.15, -0.1) is 10.2 Å². The van der Waals surface area contributed by atoms with E-state index in [1.807, 2.05) is 12.1 Å². The SMILES string of the molecule is CCCC(C)CN1CC2CC(Nc3ccc(-c4cc(F)ccc4Cl)nn3)CC2C1. The summed E-state index contributed by atoms with van der Waals surface area (Å²) in [6.07, 6.45) is 5.00. The summed E-state index contributed by atoms with van der Waals surface area (Å²) < 4.78 is 13.5. The van der Waals surface area contributed by atoms with Crippen molar-refractivity contribution in [2.45, 2.75) is 45.6 Å². The van der Waals surface area contributed by atoms with Gasteiger partial charge in [-0.2, -0.15) is 0 Å². The van der Waals surface area contributed by atoms with Gasteiger partial charge >= 0.3 is 0 Å². The van der Waals surface area contributed by atoms with Gasteiger partial charge in [0.05, 0.1) is 10.7 Å². The number of benzene rings is 1. The van der Waals surface area contributed by atoms with Crippen LogP contribution in [0.4, 0.5) is 10.2 Å². The van der Waals surface area contributed by atoms with Gasteiger partial charge in [0.25, 0.3) is 0 Å². The number of halogens is 2. The first kappa shape index (κ1) is 20.5. The molecule has 1 aliphatic carbocycles. The quantitative estimate of drug-likeness (QED) is 0.647. The minimum atomic E-state index is -0.330. The number of aromatic nitrogens is 2. The lowest BCUT2D eigenvalue weighted by Crippen LogP contribution is -2.29. The van der Waals surface area contributed by atoms with Crippen molar-refractivity contribution in [2.75, 3.05) is 25.0 Å². The normalized spacial score (nSPS) is 25.2. The Morgan fingerprint density at radius 2 is 1.93 bits per heavy atom. The molecule has 2 aromatic rings. The highest BCUT2D eigenvalue weighted by atomic mass is 35.5. The van der Waals surface area contributed by atoms with Crippen LogP contribution in [-0.2, 0) is 0 Å². The minimum absolute atomic E-state index is 0.330. The molecular weight excluding hydrogens is 387 g/mol. The molecule has 156 valence electrons. The van der Waals surface area contributed by atoms with Crippen LogP contribution in [0.5, 0.6) is 0 Å². The largest absolute Gasteiger partial charge is 0.366 e. The predicted octanol–water partition coefficient (Wildman–Crippen LogP) is 5.49. The molecule has 3 unspecified atom stereocenters. The van der Waals surface area contributed by atoms with Crippen LogP contribution in [0.3, 0.4) is 0 Å². The molecular formula is C23H30ClFN4. The highest BCUT2D eigenvalue weighted by Crippen LogP contribution is 2.39. The van der Waals surface area contributed by atoms with E-state index in [2.05, 4.69) is 34.3 Å². The van der Waals surface area contributed by atoms with Crippen LogP contribution in [0.2, 0.25) is 5.02 Å². The van der Waals surface area contributed by atoms with Gasteiger partial charge in [-0.25, -0.2) is 4.39 Å². The number of nitrogens with one attached hydrogen (secondary N) is 1. The third-order valence-corrected chi connectivity index (χ3v) is 6.73. The molecule has 4 rings (SSSR count). The Morgan fingerprint density at radius 3 is 2.59 bits per heavy atom. The lowest BCUT2D eigenvalue weighted by Gasteiger charge is -2.22. The van der Waals surface area contributed by atoms with Gasteiger partial charge < -0.3 is 10.2 Å². The van der Waals surface area contributed by atoms with Crippen LogP contribution in [0.25, 0.3) is 11.3 Å². The van der Waals surface area contributed by atoms with Gasteiger partial charge in [0.15, 0.2) is 0 Å². The van der Waals surface area contributed by atoms with Crippen LogP contribution in [-0.4, -0.2) is 40.8 Å². The predicted molar refractivity (Wildman–Crippen MR) is 117 cm³/mol. The maximum Gasteiger partial charge on any atom is 0.148 e. The third kappa shape index (κ3) is 4.89. The van der Waals surface area contributed by atoms with Crippen molar-refractivity contribution in [1.82, 2.24) is 15.1 Å². The molecule has 1 aromatic heterocycles. The van der Waals surface area contributed by atoms with Crippen LogP contribution in [0.1, 0.15) is 39.5 Å². The first-order chi connectivity index (χ1) is 14.0. The standard InChI is InChI=1S/C23H30ClFN4/c1-3-4-15(2)12-29-13-16-9-19(10-17(16)14-29)26-23-8-7-22(27-28-23)20-11-18(25)5-6-21(20)24/h5-8,11,15-17,19H,3-4,9-10,12-14H2,1-2H3,(H,26,28). The van der Waals surface area contributed by atoms with E-state index in [1.54, 1.807) is 6.07 Å². The number of hydrogen-bond acceptors (Lipinski definition) is 4. The Hall–Kier alpha value is -1.72. The first-order valence-electron chi connectivity index (χ1n) is 10.8. The van der Waals surface area contributed by atoms with Crippen molar-refractivity contribution in [3.63, 3.8) is 0 Å². The number of nitrogens with zero attached hydrogens (tertiary/aromatic N) is 3. The highest BCUT2D eigenvalue weighted by molar-refractivity contribution is 6.33. The Bertz CT molecular complexity index is 814. The van der Waals surface area contributed by atoms with Crippen molar-refractivity contribution in [3.05, 3.63) is 41.2 Å². The van der Waals surface area contributed by atoms with E-state index in [1.165, 1.54) is 57.5 Å². The van der Waals surface area contributed by atoms with E-state index < -0.39 is 0 Å². The van der Waals surface area contributed by atoms with E-state index in [9.17, 15) is 4.39 Å². The summed E-state index contributed by atoms with van der Waals surface area (Å²) in [5.41, 5.74) is 1.15. The zero-order valence-corrected chi connectivity index (χ0v) is 18.0. The molecule has 29 heavy (non-hydrogen) atoms. The summed E-state index contributed by atoms with van der Waals surface area (Å²) in [5, 5.41) is 12.6. The number of fused-ring (bicyclic) bond motifs is 1. The topological polar surface area (TPSA) is 41.0 Å². The van der Waals surface area contributed by atoms with E-state index in [4.69, 9.17) is 11.6 Å². The Morgan fingerprint density at radius 1 is 1.17 bits per heavy atom. The smallest absolute Gasteiger partial charge is 0.148 e. The van der Waals surface area contributed by atoms with Gasteiger partial charge in [-0.05, 0) is 67.3 Å². The summed E-state index contributed by atoms with van der Waals surface area (Å²) >= 11 is 6.17. The molecule has 1 aromatic carbocycles. The fourth-order valence-corrected chi connectivity index (χ4v) is 5.36. The molecule has 2 heterocycles. The van der Waals surface area contributed by atoms with Crippen molar-refractivity contribution < 1.29 is 4.39 Å². The summed E-state index contributed by atoms with van der Waals surface area (Å²) in [7, 11) is 0. The van der Waals surface area contributed by atoms with E-state index in [-0.39, 0.29) is 5.82 Å². The summed E-state index contributed by atoms with van der Waals surface area (Å²) in [6, 6.07) is 8.50. The van der Waals surface area contributed by atoms with E-state index in [0.29, 0.717) is 22.3 Å². The minimum Gasteiger partial charge on any atom is -0.366 e. The first-order valence-corrected chi connectivity index (χ1v) is 11.2. The molecule has 0 spiro atoms. The average Bonchev–Trinajstić information content (AvgIpc) is 3.22. The van der Waals surface area contributed by atoms with E-state index >= 15 is 0 Å². The number of rotatable bonds is 7. The fraction of sp³-hybridized carbons (Fsp3) is 0.565. The molecule has 6 heteroatoms. The van der Waals surface area contributed by atoms with Crippen molar-refractivity contribution in [2.24, 2.45) is 17.8 Å². The lowest BCUT2D eigenvalue weighted by molar-refractivity contribution is 0.259. The monoisotopic (exact) mass is 416 g/mol. The Balaban J connectivity index is 1.31. The molecule has 1 saturated heterocycles. The number of anilines is 1. The molecule has 0 amide bonds. The Kier molecular flexibility index (Phi) is 6.35. The lowest BCUT2D eigenvalue weighted by atomic mass is 10.0.